The molecule has 0 atom stereocenters. The van der Waals surface area contributed by atoms with E-state index < -0.39 is 0 Å². The van der Waals surface area contributed by atoms with Gasteiger partial charge in [0.15, 0.2) is 0 Å². The van der Waals surface area contributed by atoms with E-state index in [1.807, 2.05) is 6.07 Å². The number of pyridine rings is 1. The summed E-state index contributed by atoms with van der Waals surface area (Å²) in [6.45, 7) is 0.668. The van der Waals surface area contributed by atoms with E-state index in [0.29, 0.717) is 11.8 Å². The van der Waals surface area contributed by atoms with Gasteiger partial charge in [-0.05, 0) is 17.5 Å². The molecule has 0 bridgehead atoms. The Bertz CT molecular complexity index is 416. The third kappa shape index (κ3) is 3.22. The number of nitrogens with zero attached hydrogens (tertiary/aromatic N) is 1. The highest BCUT2D eigenvalue weighted by Gasteiger charge is 1.97. The zero-order valence-corrected chi connectivity index (χ0v) is 9.59. The van der Waals surface area contributed by atoms with Crippen LogP contribution in [0, 0.1) is 0 Å². The van der Waals surface area contributed by atoms with Gasteiger partial charge in [-0.25, -0.2) is 4.98 Å². The second-order valence-corrected chi connectivity index (χ2v) is 4.41. The fourth-order valence-corrected chi connectivity index (χ4v) is 2.05. The first kappa shape index (κ1) is 10.5. The molecule has 0 amide bonds. The van der Waals surface area contributed by atoms with Crippen LogP contribution in [-0.4, -0.2) is 11.6 Å². The van der Waals surface area contributed by atoms with Crippen LogP contribution >= 0.6 is 22.9 Å². The fourth-order valence-electron chi connectivity index (χ4n) is 1.20. The van der Waals surface area contributed by atoms with Crippen molar-refractivity contribution in [3.63, 3.8) is 0 Å². The molecule has 0 aliphatic rings. The van der Waals surface area contributed by atoms with E-state index in [0.717, 1.165) is 12.2 Å². The summed E-state index contributed by atoms with van der Waals surface area (Å²) in [7, 11) is 0. The summed E-state index contributed by atoms with van der Waals surface area (Å²) in [6.07, 6.45) is 2.57. The molecule has 0 saturated carbocycles. The smallest absolute Gasteiger partial charge is 0.132 e. The quantitative estimate of drug-likeness (QED) is 0.763. The Hall–Kier alpha value is -1.06. The summed E-state index contributed by atoms with van der Waals surface area (Å²) in [5.41, 5.74) is 0. The molecule has 2 aromatic rings. The highest BCUT2D eigenvalue weighted by molar-refractivity contribution is 7.09. The first-order chi connectivity index (χ1) is 7.34. The minimum atomic E-state index is 0.462. The maximum Gasteiger partial charge on any atom is 0.132 e. The Balaban J connectivity index is 1.83. The lowest BCUT2D eigenvalue weighted by atomic mass is 10.3. The molecule has 2 heterocycles. The van der Waals surface area contributed by atoms with Crippen molar-refractivity contribution >= 4 is 22.9 Å². The molecule has 0 saturated heterocycles. The lowest BCUT2D eigenvalue weighted by Gasteiger charge is -2.04. The molecule has 0 aliphatic carbocycles. The van der Waals surface area contributed by atoms with E-state index in [1.165, 1.54) is 4.88 Å². The Morgan fingerprint density at radius 2 is 2.33 bits per heavy atom. The topological polar surface area (TPSA) is 22.1 Å². The number of hydrogen-bond acceptors (Lipinski definition) is 3. The summed E-state index contributed by atoms with van der Waals surface area (Å²) in [4.78, 5) is 5.21. The van der Waals surface area contributed by atoms with Crippen LogP contribution in [0.4, 0.5) is 0 Å². The van der Waals surface area contributed by atoms with E-state index >= 15 is 0 Å². The van der Waals surface area contributed by atoms with Crippen molar-refractivity contribution in [2.24, 2.45) is 0 Å². The van der Waals surface area contributed by atoms with Crippen molar-refractivity contribution in [2.75, 3.05) is 6.61 Å². The standard InChI is InChI=1S/C11H10ClNOS/c12-11-8-9(3-5-13-11)14-6-4-10-2-1-7-15-10/h1-3,5,7-8H,4,6H2. The van der Waals surface area contributed by atoms with Crippen LogP contribution in [0.1, 0.15) is 4.88 Å². The Morgan fingerprint density at radius 3 is 3.07 bits per heavy atom. The predicted molar refractivity (Wildman–Crippen MR) is 62.8 cm³/mol. The van der Waals surface area contributed by atoms with E-state index in [-0.39, 0.29) is 0 Å². The SMILES string of the molecule is Clc1cc(OCCc2cccs2)ccn1. The molecule has 4 heteroatoms. The Morgan fingerprint density at radius 1 is 1.40 bits per heavy atom. The number of halogens is 1. The molecule has 78 valence electrons. The van der Waals surface area contributed by atoms with E-state index in [2.05, 4.69) is 16.4 Å². The summed E-state index contributed by atoms with van der Waals surface area (Å²) >= 11 is 7.48. The maximum atomic E-state index is 5.73. The normalized spacial score (nSPS) is 10.2. The zero-order valence-electron chi connectivity index (χ0n) is 8.02. The lowest BCUT2D eigenvalue weighted by Crippen LogP contribution is -1.99. The van der Waals surface area contributed by atoms with Crippen LogP contribution in [0.2, 0.25) is 5.15 Å². The zero-order chi connectivity index (χ0) is 10.5. The van der Waals surface area contributed by atoms with Crippen molar-refractivity contribution < 1.29 is 4.74 Å². The van der Waals surface area contributed by atoms with Gasteiger partial charge >= 0.3 is 0 Å². The number of ether oxygens (including phenoxy) is 1. The fraction of sp³-hybridized carbons (Fsp3) is 0.182. The van der Waals surface area contributed by atoms with Gasteiger partial charge in [-0.3, -0.25) is 0 Å². The second-order valence-electron chi connectivity index (χ2n) is 2.99. The van der Waals surface area contributed by atoms with Crippen molar-refractivity contribution in [3.05, 3.63) is 45.9 Å². The first-order valence-corrected chi connectivity index (χ1v) is 5.87. The van der Waals surface area contributed by atoms with E-state index in [1.54, 1.807) is 29.7 Å². The third-order valence-electron chi connectivity index (χ3n) is 1.90. The largest absolute Gasteiger partial charge is 0.493 e. The molecule has 2 aromatic heterocycles. The van der Waals surface area contributed by atoms with Crippen molar-refractivity contribution in [1.29, 1.82) is 0 Å². The average molecular weight is 240 g/mol. The molecule has 0 unspecified atom stereocenters. The molecular formula is C11H10ClNOS. The highest BCUT2D eigenvalue weighted by atomic mass is 35.5. The molecule has 0 radical (unpaired) electrons. The lowest BCUT2D eigenvalue weighted by molar-refractivity contribution is 0.322. The first-order valence-electron chi connectivity index (χ1n) is 4.61. The Kier molecular flexibility index (Phi) is 3.59. The number of thiophene rings is 1. The van der Waals surface area contributed by atoms with Crippen molar-refractivity contribution in [1.82, 2.24) is 4.98 Å². The van der Waals surface area contributed by atoms with Gasteiger partial charge in [0.25, 0.3) is 0 Å². The van der Waals surface area contributed by atoms with Crippen LogP contribution in [0.15, 0.2) is 35.8 Å². The predicted octanol–water partition coefficient (Wildman–Crippen LogP) is 3.42. The Labute approximate surface area is 97.5 Å². The number of aromatic nitrogens is 1. The van der Waals surface area contributed by atoms with Crippen LogP contribution in [0.25, 0.3) is 0 Å². The van der Waals surface area contributed by atoms with Crippen LogP contribution in [0.5, 0.6) is 5.75 Å². The molecule has 0 N–H and O–H groups in total. The molecular weight excluding hydrogens is 230 g/mol. The molecule has 0 aliphatic heterocycles. The maximum absolute atomic E-state index is 5.73. The summed E-state index contributed by atoms with van der Waals surface area (Å²) in [6, 6.07) is 7.67. The molecule has 2 rings (SSSR count). The molecule has 0 aromatic carbocycles. The number of hydrogen-bond donors (Lipinski definition) is 0. The monoisotopic (exact) mass is 239 g/mol. The van der Waals surface area contributed by atoms with Gasteiger partial charge in [0.1, 0.15) is 10.9 Å². The van der Waals surface area contributed by atoms with Gasteiger partial charge in [0.05, 0.1) is 6.61 Å². The molecule has 0 fully saturated rings. The molecule has 15 heavy (non-hydrogen) atoms. The van der Waals surface area contributed by atoms with Gasteiger partial charge in [0, 0.05) is 23.6 Å². The average Bonchev–Trinajstić information content (AvgIpc) is 2.71. The summed E-state index contributed by atoms with van der Waals surface area (Å²) < 4.78 is 5.54. The van der Waals surface area contributed by atoms with Crippen LogP contribution in [-0.2, 0) is 6.42 Å². The summed E-state index contributed by atoms with van der Waals surface area (Å²) in [5, 5.41) is 2.53. The van der Waals surface area contributed by atoms with E-state index in [4.69, 9.17) is 16.3 Å². The van der Waals surface area contributed by atoms with Gasteiger partial charge < -0.3 is 4.74 Å². The second kappa shape index (κ2) is 5.14. The van der Waals surface area contributed by atoms with Crippen LogP contribution < -0.4 is 4.74 Å². The molecule has 2 nitrogen and oxygen atoms in total. The highest BCUT2D eigenvalue weighted by Crippen LogP contribution is 2.15. The number of rotatable bonds is 4. The minimum Gasteiger partial charge on any atom is -0.493 e. The van der Waals surface area contributed by atoms with Gasteiger partial charge in [-0.1, -0.05) is 17.7 Å². The third-order valence-corrected chi connectivity index (χ3v) is 3.04. The minimum absolute atomic E-state index is 0.462. The van der Waals surface area contributed by atoms with Gasteiger partial charge in [-0.15, -0.1) is 11.3 Å². The van der Waals surface area contributed by atoms with E-state index in [9.17, 15) is 0 Å². The van der Waals surface area contributed by atoms with Crippen molar-refractivity contribution in [3.8, 4) is 5.75 Å². The van der Waals surface area contributed by atoms with Crippen molar-refractivity contribution in [2.45, 2.75) is 6.42 Å². The molecule has 0 spiro atoms. The van der Waals surface area contributed by atoms with Gasteiger partial charge in [0.2, 0.25) is 0 Å². The van der Waals surface area contributed by atoms with Gasteiger partial charge in [-0.2, -0.15) is 0 Å². The van der Waals surface area contributed by atoms with Crippen LogP contribution in [0.3, 0.4) is 0 Å². The summed E-state index contributed by atoms with van der Waals surface area (Å²) in [5.74, 6) is 0.770.